The van der Waals surface area contributed by atoms with Crippen molar-refractivity contribution in [3.63, 3.8) is 0 Å². The molecular weight excluding hydrogens is 486 g/mol. The van der Waals surface area contributed by atoms with Crippen molar-refractivity contribution in [1.29, 1.82) is 0 Å². The number of benzene rings is 1. The molecule has 0 spiro atoms. The summed E-state index contributed by atoms with van der Waals surface area (Å²) in [6.07, 6.45) is 1.79. The first kappa shape index (κ1) is 24.2. The topological polar surface area (TPSA) is 114 Å². The Bertz CT molecular complexity index is 1450. The maximum Gasteiger partial charge on any atom is 0.330 e. The number of unbranched alkanes of at least 4 members (excludes halogenated alkanes) is 1. The minimum atomic E-state index is -0.404. The van der Waals surface area contributed by atoms with E-state index < -0.39 is 11.2 Å². The van der Waals surface area contributed by atoms with Crippen molar-refractivity contribution in [2.75, 3.05) is 26.3 Å². The number of fused-ring (bicyclic) bond motifs is 2. The monoisotopic (exact) mass is 515 g/mol. The van der Waals surface area contributed by atoms with Crippen molar-refractivity contribution < 1.29 is 4.74 Å². The number of aryl methyl sites for hydroxylation is 2. The summed E-state index contributed by atoms with van der Waals surface area (Å²) < 4.78 is 11.2. The predicted octanol–water partition coefficient (Wildman–Crippen LogP) is 3.21. The largest absolute Gasteiger partial charge is 0.379 e. The highest BCUT2D eigenvalue weighted by Crippen LogP contribution is 2.29. The first-order valence-electron chi connectivity index (χ1n) is 11.9. The standard InChI is InChI=1S/C23H29N7O3S2/c1-3-5-8-30-20-19(21(31)27-23(30)32)29(4-2)18(26-20)14-34-22-24-16-7-6-15(13-17(16)25-22)35-28-9-11-33-12-10-28/h6-7,13H,3-5,8-12,14H2,1-2H3,(H,24,25)(H,27,31,32). The van der Waals surface area contributed by atoms with Gasteiger partial charge in [0.15, 0.2) is 16.3 Å². The Kier molecular flexibility index (Phi) is 7.32. The summed E-state index contributed by atoms with van der Waals surface area (Å²) in [5.41, 5.74) is 2.01. The molecule has 5 rings (SSSR count). The van der Waals surface area contributed by atoms with Crippen molar-refractivity contribution in [3.8, 4) is 0 Å². The second kappa shape index (κ2) is 10.6. The van der Waals surface area contributed by atoms with Crippen LogP contribution in [-0.4, -0.2) is 59.7 Å². The van der Waals surface area contributed by atoms with E-state index in [0.717, 1.165) is 66.1 Å². The Balaban J connectivity index is 1.38. The van der Waals surface area contributed by atoms with E-state index in [1.54, 1.807) is 16.5 Å². The summed E-state index contributed by atoms with van der Waals surface area (Å²) in [4.78, 5) is 41.5. The molecule has 1 aliphatic rings. The molecule has 10 nitrogen and oxygen atoms in total. The highest BCUT2D eigenvalue weighted by molar-refractivity contribution is 7.98. The van der Waals surface area contributed by atoms with Gasteiger partial charge in [-0.25, -0.2) is 19.1 Å². The van der Waals surface area contributed by atoms with Crippen LogP contribution in [0, 0.1) is 0 Å². The van der Waals surface area contributed by atoms with Gasteiger partial charge in [-0.1, -0.05) is 25.1 Å². The number of ether oxygens (including phenoxy) is 1. The fourth-order valence-electron chi connectivity index (χ4n) is 4.20. The molecule has 0 amide bonds. The zero-order chi connectivity index (χ0) is 24.4. The molecule has 1 saturated heterocycles. The van der Waals surface area contributed by atoms with Crippen LogP contribution in [0.4, 0.5) is 0 Å². The van der Waals surface area contributed by atoms with E-state index in [0.29, 0.717) is 30.0 Å². The fraction of sp³-hybridized carbons (Fsp3) is 0.478. The molecule has 35 heavy (non-hydrogen) atoms. The summed E-state index contributed by atoms with van der Waals surface area (Å²) in [6.45, 7) is 8.52. The SMILES string of the molecule is CCCCn1c(=O)[nH]c(=O)c2c1nc(CSc1nc3cc(SN4CCOCC4)ccc3[nH]1)n2CC. The van der Waals surface area contributed by atoms with Gasteiger partial charge in [-0.15, -0.1) is 0 Å². The van der Waals surface area contributed by atoms with Crippen LogP contribution < -0.4 is 11.2 Å². The number of aromatic amines is 2. The number of hydrogen-bond acceptors (Lipinski definition) is 8. The Morgan fingerprint density at radius 2 is 1.91 bits per heavy atom. The summed E-state index contributed by atoms with van der Waals surface area (Å²) in [7, 11) is 0. The first-order chi connectivity index (χ1) is 17.1. The van der Waals surface area contributed by atoms with E-state index in [2.05, 4.69) is 39.4 Å². The number of hydrogen-bond donors (Lipinski definition) is 2. The third-order valence-electron chi connectivity index (χ3n) is 5.99. The number of imidazole rings is 2. The number of H-pyrrole nitrogens is 2. The molecule has 12 heteroatoms. The van der Waals surface area contributed by atoms with E-state index in [4.69, 9.17) is 14.7 Å². The second-order valence-electron chi connectivity index (χ2n) is 8.35. The van der Waals surface area contributed by atoms with Gasteiger partial charge in [0.2, 0.25) is 0 Å². The molecule has 0 bridgehead atoms. The number of aromatic nitrogens is 6. The van der Waals surface area contributed by atoms with Crippen molar-refractivity contribution in [2.24, 2.45) is 0 Å². The van der Waals surface area contributed by atoms with Gasteiger partial charge in [0, 0.05) is 31.1 Å². The fourth-order valence-corrected chi connectivity index (χ4v) is 5.95. The molecule has 186 valence electrons. The Morgan fingerprint density at radius 1 is 1.09 bits per heavy atom. The second-order valence-corrected chi connectivity index (χ2v) is 10.5. The quantitative estimate of drug-likeness (QED) is 0.258. The van der Waals surface area contributed by atoms with Crippen LogP contribution in [0.25, 0.3) is 22.2 Å². The molecule has 0 unspecified atom stereocenters. The van der Waals surface area contributed by atoms with E-state index in [-0.39, 0.29) is 0 Å². The predicted molar refractivity (Wildman–Crippen MR) is 139 cm³/mol. The van der Waals surface area contributed by atoms with Gasteiger partial charge in [-0.3, -0.25) is 14.3 Å². The van der Waals surface area contributed by atoms with E-state index >= 15 is 0 Å². The van der Waals surface area contributed by atoms with Crippen molar-refractivity contribution >= 4 is 45.9 Å². The van der Waals surface area contributed by atoms with Crippen molar-refractivity contribution in [3.05, 3.63) is 44.9 Å². The lowest BCUT2D eigenvalue weighted by molar-refractivity contribution is 0.0773. The van der Waals surface area contributed by atoms with Gasteiger partial charge >= 0.3 is 5.69 Å². The van der Waals surface area contributed by atoms with Crippen LogP contribution >= 0.6 is 23.7 Å². The zero-order valence-corrected chi connectivity index (χ0v) is 21.5. The molecule has 3 aromatic heterocycles. The van der Waals surface area contributed by atoms with Gasteiger partial charge in [0.25, 0.3) is 5.56 Å². The summed E-state index contributed by atoms with van der Waals surface area (Å²) in [5.74, 6) is 1.27. The lowest BCUT2D eigenvalue weighted by Crippen LogP contribution is -2.31. The van der Waals surface area contributed by atoms with Crippen LogP contribution in [0.3, 0.4) is 0 Å². The Hall–Kier alpha value is -2.54. The van der Waals surface area contributed by atoms with Crippen LogP contribution in [0.15, 0.2) is 37.8 Å². The number of thioether (sulfide) groups is 1. The maximum atomic E-state index is 12.6. The lowest BCUT2D eigenvalue weighted by Gasteiger charge is -2.25. The highest BCUT2D eigenvalue weighted by Gasteiger charge is 2.18. The molecule has 0 atom stereocenters. The van der Waals surface area contributed by atoms with Crippen LogP contribution in [0.1, 0.15) is 32.5 Å². The minimum absolute atomic E-state index is 0.391. The average molecular weight is 516 g/mol. The number of nitrogens with one attached hydrogen (secondary N) is 2. The summed E-state index contributed by atoms with van der Waals surface area (Å²) in [6, 6.07) is 6.26. The zero-order valence-electron chi connectivity index (χ0n) is 19.9. The molecule has 1 fully saturated rings. The maximum absolute atomic E-state index is 12.6. The van der Waals surface area contributed by atoms with Crippen LogP contribution in [-0.2, 0) is 23.6 Å². The molecule has 4 aromatic rings. The van der Waals surface area contributed by atoms with E-state index in [1.807, 2.05) is 11.5 Å². The number of rotatable bonds is 9. The van der Waals surface area contributed by atoms with E-state index in [9.17, 15) is 9.59 Å². The van der Waals surface area contributed by atoms with Crippen LogP contribution in [0.5, 0.6) is 0 Å². The molecule has 0 aliphatic carbocycles. The van der Waals surface area contributed by atoms with Gasteiger partial charge in [-0.2, -0.15) is 0 Å². The number of nitrogens with zero attached hydrogens (tertiary/aromatic N) is 5. The van der Waals surface area contributed by atoms with E-state index in [1.165, 1.54) is 11.8 Å². The third-order valence-corrected chi connectivity index (χ3v) is 7.95. The van der Waals surface area contributed by atoms with Gasteiger partial charge in [0.1, 0.15) is 5.82 Å². The lowest BCUT2D eigenvalue weighted by atomic mass is 10.3. The number of morpholine rings is 1. The highest BCUT2D eigenvalue weighted by atomic mass is 32.2. The smallest absolute Gasteiger partial charge is 0.330 e. The van der Waals surface area contributed by atoms with Gasteiger partial charge in [-0.05, 0) is 43.5 Å². The first-order valence-corrected chi connectivity index (χ1v) is 13.7. The Morgan fingerprint density at radius 3 is 2.69 bits per heavy atom. The molecule has 2 N–H and O–H groups in total. The molecular formula is C23H29N7O3S2. The summed E-state index contributed by atoms with van der Waals surface area (Å²) in [5, 5.41) is 0.792. The Labute approximate surface area is 210 Å². The molecule has 4 heterocycles. The van der Waals surface area contributed by atoms with Gasteiger partial charge in [0.05, 0.1) is 30.0 Å². The van der Waals surface area contributed by atoms with Crippen molar-refractivity contribution in [1.82, 2.24) is 33.4 Å². The van der Waals surface area contributed by atoms with Crippen molar-refractivity contribution in [2.45, 2.75) is 55.6 Å². The normalized spacial score (nSPS) is 14.9. The minimum Gasteiger partial charge on any atom is -0.379 e. The molecule has 1 aromatic carbocycles. The van der Waals surface area contributed by atoms with Gasteiger partial charge < -0.3 is 14.3 Å². The molecule has 1 aliphatic heterocycles. The van der Waals surface area contributed by atoms with Crippen LogP contribution in [0.2, 0.25) is 0 Å². The third kappa shape index (κ3) is 5.06. The average Bonchev–Trinajstić information content (AvgIpc) is 3.44. The molecule has 0 saturated carbocycles. The summed E-state index contributed by atoms with van der Waals surface area (Å²) >= 11 is 3.27. The molecule has 0 radical (unpaired) electrons.